The van der Waals surface area contributed by atoms with Gasteiger partial charge in [-0.25, -0.2) is 0 Å². The lowest BCUT2D eigenvalue weighted by atomic mass is 9.89. The van der Waals surface area contributed by atoms with Crippen molar-refractivity contribution in [3.8, 4) is 0 Å². The Morgan fingerprint density at radius 3 is 2.05 bits per heavy atom. The van der Waals surface area contributed by atoms with Gasteiger partial charge < -0.3 is 5.32 Å². The summed E-state index contributed by atoms with van der Waals surface area (Å²) in [5, 5.41) is 3.88. The van der Waals surface area contributed by atoms with Crippen LogP contribution in [0.1, 0.15) is 60.8 Å². The maximum atomic E-state index is 3.88. The highest BCUT2D eigenvalue weighted by molar-refractivity contribution is 5.21. The van der Waals surface area contributed by atoms with Gasteiger partial charge in [0, 0.05) is 30.7 Å². The van der Waals surface area contributed by atoms with Gasteiger partial charge >= 0.3 is 0 Å². The molecule has 0 aromatic rings. The van der Waals surface area contributed by atoms with Crippen molar-refractivity contribution in [3.63, 3.8) is 0 Å². The first-order valence-corrected chi connectivity index (χ1v) is 8.25. The van der Waals surface area contributed by atoms with Crippen molar-refractivity contribution in [1.29, 1.82) is 0 Å². The Bertz CT molecular complexity index is 355. The first-order chi connectivity index (χ1) is 8.74. The summed E-state index contributed by atoms with van der Waals surface area (Å²) in [6.45, 7) is 17.1. The van der Waals surface area contributed by atoms with E-state index in [1.165, 1.54) is 32.4 Å². The Labute approximate surface area is 119 Å². The fraction of sp³-hybridized carbons (Fsp3) is 1.00. The second-order valence-corrected chi connectivity index (χ2v) is 8.65. The molecule has 1 aliphatic heterocycles. The molecule has 0 amide bonds. The van der Waals surface area contributed by atoms with E-state index in [-0.39, 0.29) is 0 Å². The summed E-state index contributed by atoms with van der Waals surface area (Å²) in [6, 6.07) is 1.50. The first kappa shape index (κ1) is 13.9. The largest absolute Gasteiger partial charge is 0.308 e. The fourth-order valence-electron chi connectivity index (χ4n) is 4.70. The monoisotopic (exact) mass is 264 g/mol. The van der Waals surface area contributed by atoms with Gasteiger partial charge in [-0.3, -0.25) is 4.90 Å². The van der Waals surface area contributed by atoms with Crippen LogP contribution in [0.5, 0.6) is 0 Å². The Morgan fingerprint density at radius 2 is 1.63 bits per heavy atom. The minimum absolute atomic E-state index is 0.375. The van der Waals surface area contributed by atoms with Crippen molar-refractivity contribution < 1.29 is 0 Å². The van der Waals surface area contributed by atoms with Crippen molar-refractivity contribution in [3.05, 3.63) is 0 Å². The number of nitrogens with zero attached hydrogens (tertiary/aromatic N) is 1. The summed E-state index contributed by atoms with van der Waals surface area (Å²) in [6.07, 6.45) is 4.15. The Balaban J connectivity index is 1.81. The van der Waals surface area contributed by atoms with Gasteiger partial charge in [-0.05, 0) is 42.9 Å². The molecule has 0 aromatic heterocycles. The van der Waals surface area contributed by atoms with E-state index in [2.05, 4.69) is 51.8 Å². The van der Waals surface area contributed by atoms with Crippen molar-refractivity contribution in [1.82, 2.24) is 10.2 Å². The predicted molar refractivity (Wildman–Crippen MR) is 81.3 cm³/mol. The van der Waals surface area contributed by atoms with E-state index in [9.17, 15) is 0 Å². The molecule has 2 aliphatic carbocycles. The number of rotatable bonds is 3. The average molecular weight is 264 g/mol. The van der Waals surface area contributed by atoms with Gasteiger partial charge in [0.15, 0.2) is 0 Å². The van der Waals surface area contributed by atoms with Gasteiger partial charge in [-0.15, -0.1) is 0 Å². The lowest BCUT2D eigenvalue weighted by Crippen LogP contribution is -2.65. The average Bonchev–Trinajstić information content (AvgIpc) is 3.18. The molecule has 2 unspecified atom stereocenters. The molecule has 3 fully saturated rings. The molecule has 3 rings (SSSR count). The van der Waals surface area contributed by atoms with Crippen LogP contribution in [0, 0.1) is 16.7 Å². The molecule has 0 spiro atoms. The van der Waals surface area contributed by atoms with Gasteiger partial charge in [-0.2, -0.15) is 0 Å². The van der Waals surface area contributed by atoms with Crippen molar-refractivity contribution >= 4 is 0 Å². The molecule has 3 aliphatic rings. The topological polar surface area (TPSA) is 15.3 Å². The van der Waals surface area contributed by atoms with Crippen molar-refractivity contribution in [2.75, 3.05) is 13.1 Å². The smallest absolute Gasteiger partial charge is 0.0309 e. The van der Waals surface area contributed by atoms with Gasteiger partial charge in [0.2, 0.25) is 0 Å². The van der Waals surface area contributed by atoms with E-state index in [0.717, 1.165) is 18.0 Å². The minimum atomic E-state index is 0.375. The minimum Gasteiger partial charge on any atom is -0.308 e. The molecule has 2 atom stereocenters. The molecule has 1 heterocycles. The van der Waals surface area contributed by atoms with Crippen LogP contribution >= 0.6 is 0 Å². The van der Waals surface area contributed by atoms with Crippen molar-refractivity contribution in [2.45, 2.75) is 78.4 Å². The highest BCUT2D eigenvalue weighted by Gasteiger charge is 2.68. The highest BCUT2D eigenvalue weighted by atomic mass is 15.3. The summed E-state index contributed by atoms with van der Waals surface area (Å²) in [5.74, 6) is 0.929. The summed E-state index contributed by atoms with van der Waals surface area (Å²) in [5.41, 5.74) is 1.32. The van der Waals surface area contributed by atoms with Crippen LogP contribution in [0.15, 0.2) is 0 Å². The maximum Gasteiger partial charge on any atom is 0.0309 e. The van der Waals surface area contributed by atoms with Crippen LogP contribution < -0.4 is 5.32 Å². The van der Waals surface area contributed by atoms with E-state index >= 15 is 0 Å². The van der Waals surface area contributed by atoms with Gasteiger partial charge in [0.1, 0.15) is 0 Å². The summed E-state index contributed by atoms with van der Waals surface area (Å²) in [7, 11) is 0. The lowest BCUT2D eigenvalue weighted by Gasteiger charge is -2.47. The van der Waals surface area contributed by atoms with Crippen LogP contribution in [0.2, 0.25) is 0 Å². The molecule has 0 radical (unpaired) electrons. The summed E-state index contributed by atoms with van der Waals surface area (Å²) >= 11 is 0. The number of piperazine rings is 1. The fourth-order valence-corrected chi connectivity index (χ4v) is 4.70. The zero-order chi connectivity index (χ0) is 14.1. The third-order valence-corrected chi connectivity index (χ3v) is 6.95. The zero-order valence-electron chi connectivity index (χ0n) is 13.7. The second-order valence-electron chi connectivity index (χ2n) is 8.65. The van der Waals surface area contributed by atoms with Crippen LogP contribution in [0.3, 0.4) is 0 Å². The third kappa shape index (κ3) is 1.90. The molecule has 1 N–H and O–H groups in total. The molecule has 0 bridgehead atoms. The van der Waals surface area contributed by atoms with Gasteiger partial charge in [0.05, 0.1) is 0 Å². The van der Waals surface area contributed by atoms with Crippen LogP contribution in [-0.2, 0) is 0 Å². The normalized spacial score (nSPS) is 42.3. The maximum absolute atomic E-state index is 3.88. The zero-order valence-corrected chi connectivity index (χ0v) is 13.7. The molecular formula is C17H32N2. The molecule has 1 saturated heterocycles. The summed E-state index contributed by atoms with van der Waals surface area (Å²) in [4.78, 5) is 2.87. The number of hydrogen-bond donors (Lipinski definition) is 1. The molecule has 2 nitrogen and oxygen atoms in total. The molecule has 0 aromatic carbocycles. The van der Waals surface area contributed by atoms with Crippen LogP contribution in [0.25, 0.3) is 0 Å². The second kappa shape index (κ2) is 3.98. The van der Waals surface area contributed by atoms with Crippen LogP contribution in [-0.4, -0.2) is 35.6 Å². The number of nitrogens with one attached hydrogen (secondary N) is 1. The lowest BCUT2D eigenvalue weighted by molar-refractivity contribution is 0.0513. The standard InChI is InChI=1S/C17H32N2/c1-7-13-10-18-17(6,12-8-9-12)11-19(13)14-15(2,3)16(14,4)5/h12-14,18H,7-11H2,1-6H3. The molecule has 110 valence electrons. The van der Waals surface area contributed by atoms with Gasteiger partial charge in [0.25, 0.3) is 0 Å². The van der Waals surface area contributed by atoms with E-state index in [4.69, 9.17) is 0 Å². The van der Waals surface area contributed by atoms with E-state index in [1.807, 2.05) is 0 Å². The van der Waals surface area contributed by atoms with E-state index < -0.39 is 0 Å². The Kier molecular flexibility index (Phi) is 2.91. The van der Waals surface area contributed by atoms with E-state index in [1.54, 1.807) is 0 Å². The first-order valence-electron chi connectivity index (χ1n) is 8.25. The third-order valence-electron chi connectivity index (χ3n) is 6.95. The quantitative estimate of drug-likeness (QED) is 0.841. The molecule has 19 heavy (non-hydrogen) atoms. The highest BCUT2D eigenvalue weighted by Crippen LogP contribution is 2.66. The predicted octanol–water partition coefficient (Wildman–Crippen LogP) is 3.27. The summed E-state index contributed by atoms with van der Waals surface area (Å²) < 4.78 is 0. The Morgan fingerprint density at radius 1 is 1.05 bits per heavy atom. The van der Waals surface area contributed by atoms with Crippen LogP contribution in [0.4, 0.5) is 0 Å². The van der Waals surface area contributed by atoms with E-state index in [0.29, 0.717) is 16.4 Å². The Hall–Kier alpha value is -0.0800. The molecular weight excluding hydrogens is 232 g/mol. The molecule has 2 saturated carbocycles. The number of hydrogen-bond acceptors (Lipinski definition) is 2. The van der Waals surface area contributed by atoms with Crippen molar-refractivity contribution in [2.24, 2.45) is 16.7 Å². The SMILES string of the molecule is CCC1CNC(C)(C2CC2)CN1C1C(C)(C)C1(C)C. The van der Waals surface area contributed by atoms with Gasteiger partial charge in [-0.1, -0.05) is 34.6 Å². The molecule has 2 heteroatoms.